The van der Waals surface area contributed by atoms with Crippen molar-refractivity contribution in [2.45, 2.75) is 179 Å². The SMILES string of the molecule is Cc1n[nH]c(C)c1CCCOc1cc(OCCCc2cn(CCOCCOCCOCCC(=O)NC(CCC(=O)O)C(=O)NC(Cc3c[nH]cn3)C(=O)NC(Cc3c[nH]c4ccccc34)C(=O)NC(CO)C(=O)NC(Cc3ccc(O)cc3)C(=O)NCC(=O)NC(CC(C)C)C(=O)NC(CCCNC(=N)N)C(=O)N3CCCC3C(=O)NCC(N)=O)nn2)cc(C(=O)O)c1. The summed E-state index contributed by atoms with van der Waals surface area (Å²) < 4.78 is 30.4. The van der Waals surface area contributed by atoms with Crippen LogP contribution in [-0.4, -0.2) is 282 Å². The predicted molar refractivity (Wildman–Crippen MR) is 458 cm³/mol. The smallest absolute Gasteiger partial charge is 0.335 e. The average Bonchev–Trinajstić information content (AvgIpc) is 1.67. The summed E-state index contributed by atoms with van der Waals surface area (Å²) in [5.41, 5.74) is 16.3. The Balaban J connectivity index is 0.823. The Hall–Kier alpha value is -13.6. The maximum absolute atomic E-state index is 14.8. The summed E-state index contributed by atoms with van der Waals surface area (Å²) in [5.74, 6) is -12.1. The summed E-state index contributed by atoms with van der Waals surface area (Å²) in [6.45, 7) is 7.16. The van der Waals surface area contributed by atoms with Gasteiger partial charge in [0.15, 0.2) is 5.96 Å². The molecule has 694 valence electrons. The maximum atomic E-state index is 14.8. The Kier molecular flexibility index (Phi) is 40.3. The van der Waals surface area contributed by atoms with Gasteiger partial charge >= 0.3 is 11.9 Å². The number of H-pyrrole nitrogens is 3. The highest BCUT2D eigenvalue weighted by molar-refractivity contribution is 5.99. The van der Waals surface area contributed by atoms with Crippen LogP contribution in [0.4, 0.5) is 0 Å². The number of carbonyl (C=O) groups excluding carboxylic acids is 11. The second-order valence-electron chi connectivity index (χ2n) is 30.9. The van der Waals surface area contributed by atoms with E-state index in [0.717, 1.165) is 29.1 Å². The number of aromatic carboxylic acids is 1. The van der Waals surface area contributed by atoms with Crippen molar-refractivity contribution in [3.8, 4) is 17.2 Å². The number of carbonyl (C=O) groups is 13. The first-order valence-corrected chi connectivity index (χ1v) is 42.1. The van der Waals surface area contributed by atoms with Gasteiger partial charge in [-0.05, 0) is 131 Å². The highest BCUT2D eigenvalue weighted by atomic mass is 16.5. The lowest BCUT2D eigenvalue weighted by atomic mass is 10.0. The third-order valence-electron chi connectivity index (χ3n) is 20.5. The van der Waals surface area contributed by atoms with E-state index in [4.69, 9.17) is 40.6 Å². The van der Waals surface area contributed by atoms with Crippen molar-refractivity contribution in [1.82, 2.24) is 98.2 Å². The number of phenols is 1. The summed E-state index contributed by atoms with van der Waals surface area (Å²) >= 11 is 0. The highest BCUT2D eigenvalue weighted by Gasteiger charge is 2.40. The second kappa shape index (κ2) is 51.7. The van der Waals surface area contributed by atoms with E-state index in [1.165, 1.54) is 53.8 Å². The largest absolute Gasteiger partial charge is 0.508 e. The molecule has 3 aromatic carbocycles. The molecule has 1 saturated heterocycles. The van der Waals surface area contributed by atoms with Gasteiger partial charge < -0.3 is 124 Å². The molecule has 11 amide bonds. The molecule has 1 fully saturated rings. The van der Waals surface area contributed by atoms with Gasteiger partial charge in [-0.15, -0.1) is 5.10 Å². The Morgan fingerprint density at radius 2 is 1.25 bits per heavy atom. The zero-order chi connectivity index (χ0) is 92.6. The number of primary amides is 1. The van der Waals surface area contributed by atoms with E-state index in [1.807, 2.05) is 13.8 Å². The molecular formula is C84H116N22O22. The van der Waals surface area contributed by atoms with Gasteiger partial charge in [-0.1, -0.05) is 49.4 Å². The minimum Gasteiger partial charge on any atom is -0.508 e. The number of imidazole rings is 1. The van der Waals surface area contributed by atoms with Crippen molar-refractivity contribution in [1.29, 1.82) is 5.41 Å². The van der Waals surface area contributed by atoms with Gasteiger partial charge in [-0.2, -0.15) is 5.10 Å². The Labute approximate surface area is 736 Å². The molecule has 0 spiro atoms. The molecular weight excluding hydrogens is 1670 g/mol. The van der Waals surface area contributed by atoms with Crippen LogP contribution >= 0.6 is 0 Å². The van der Waals surface area contributed by atoms with E-state index in [1.54, 1.807) is 61.3 Å². The molecule has 8 rings (SSSR count). The molecule has 0 aliphatic carbocycles. The molecule has 44 heteroatoms. The summed E-state index contributed by atoms with van der Waals surface area (Å²) in [6, 6.07) is 5.27. The lowest BCUT2D eigenvalue weighted by Gasteiger charge is -2.30. The summed E-state index contributed by atoms with van der Waals surface area (Å²) in [6.07, 6.45) is 7.29. The molecule has 1 aliphatic heterocycles. The van der Waals surface area contributed by atoms with Crippen molar-refractivity contribution >= 4 is 93.8 Å². The number of hydrogen-bond acceptors (Lipinski definition) is 25. The molecule has 7 aromatic rings. The number of para-hydroxylation sites is 1. The van der Waals surface area contributed by atoms with Crippen molar-refractivity contribution in [3.63, 3.8) is 0 Å². The summed E-state index contributed by atoms with van der Waals surface area (Å²) in [4.78, 5) is 188. The normalized spacial score (nSPS) is 14.0. The number of aryl methyl sites for hydroxylation is 3. The standard InChI is InChI=1S/C84H116N22O22/c1-49(2)35-65(77(116)96-64(15-7-24-89-84(86)87)82(121)106-25-8-16-70(106)81(120)91-44-71(85)109)95-73(111)45-92-75(114)66(36-52-17-19-57(108)20-18-52)97-80(119)69(47-107)100-78(117)67(39-54-42-90-62-14-6-5-12-61(54)62)98-79(118)68(40-56-43-88-48-93-56)99-76(115)63(21-22-74(112)113)94-72(110)23-29-124-31-33-126-34-32-125-30-26-105-46-55(103-104-105)11-9-27-127-58-37-53(83(122)123)38-59(41-58)128-28-10-13-60-50(3)101-102-51(60)4/h5-6,12,14,17-20,37-38,41-43,46,48-49,63-70,90,107-108H,7-11,13,15-16,21-36,39-40,44-45,47H2,1-4H3,(H2,85,109)(H,88,93)(H,91,120)(H,92,114)(H,94,110)(H,95,111)(H,96,116)(H,97,119)(H,98,118)(H,99,115)(H,100,117)(H,101,102)(H,112,113)(H,122,123)(H4,86,87,89). The zero-order valence-electron chi connectivity index (χ0n) is 71.8. The minimum atomic E-state index is -1.87. The maximum Gasteiger partial charge on any atom is 0.335 e. The molecule has 0 bridgehead atoms. The van der Waals surface area contributed by atoms with E-state index in [2.05, 4.69) is 88.6 Å². The molecule has 128 heavy (non-hydrogen) atoms. The van der Waals surface area contributed by atoms with Crippen LogP contribution in [0.5, 0.6) is 17.2 Å². The van der Waals surface area contributed by atoms with Crippen molar-refractivity contribution in [3.05, 3.63) is 137 Å². The lowest BCUT2D eigenvalue weighted by Crippen LogP contribution is -2.61. The molecule has 0 radical (unpaired) electrons. The molecule has 0 saturated carbocycles. The van der Waals surface area contributed by atoms with Crippen molar-refractivity contribution < 1.29 is 106 Å². The number of aliphatic hydroxyl groups is 1. The van der Waals surface area contributed by atoms with Crippen LogP contribution in [0.3, 0.4) is 0 Å². The van der Waals surface area contributed by atoms with Crippen molar-refractivity contribution in [2.24, 2.45) is 17.4 Å². The van der Waals surface area contributed by atoms with Crippen LogP contribution in [0.15, 0.2) is 91.6 Å². The number of phenolic OH excluding ortho intramolecular Hbond substituents is 1. The number of ether oxygens (including phenoxy) is 5. The first-order chi connectivity index (χ1) is 61.4. The first-order valence-electron chi connectivity index (χ1n) is 42.1. The number of aliphatic hydroxyl groups excluding tert-OH is 1. The average molecular weight is 1790 g/mol. The lowest BCUT2D eigenvalue weighted by molar-refractivity contribution is -0.142. The first kappa shape index (κ1) is 99.8. The zero-order valence-corrected chi connectivity index (χ0v) is 71.8. The Morgan fingerprint density at radius 3 is 1.89 bits per heavy atom. The number of nitrogens with zero attached hydrogens (tertiary/aromatic N) is 6. The highest BCUT2D eigenvalue weighted by Crippen LogP contribution is 2.26. The number of nitrogens with one attached hydrogen (secondary N) is 14. The van der Waals surface area contributed by atoms with E-state index in [0.29, 0.717) is 79.0 Å². The Bertz CT molecular complexity index is 4840. The number of rotatable bonds is 58. The van der Waals surface area contributed by atoms with Crippen LogP contribution < -0.4 is 74.1 Å². The third-order valence-corrected chi connectivity index (χ3v) is 20.5. The number of hydrogen-bond donors (Lipinski definition) is 20. The monoisotopic (exact) mass is 1780 g/mol. The fourth-order valence-electron chi connectivity index (χ4n) is 13.9. The Morgan fingerprint density at radius 1 is 0.625 bits per heavy atom. The van der Waals surface area contributed by atoms with Gasteiger partial charge in [0.1, 0.15) is 65.6 Å². The number of fused-ring (bicyclic) bond motifs is 1. The number of carboxylic acids is 2. The molecule has 8 atom stereocenters. The van der Waals surface area contributed by atoms with Crippen LogP contribution in [0, 0.1) is 25.2 Å². The molecule has 8 unspecified atom stereocenters. The van der Waals surface area contributed by atoms with Gasteiger partial charge in [-0.25, -0.2) is 14.5 Å². The van der Waals surface area contributed by atoms with Crippen molar-refractivity contribution in [2.75, 3.05) is 85.6 Å². The fourth-order valence-corrected chi connectivity index (χ4v) is 13.9. The molecule has 4 aromatic heterocycles. The van der Waals surface area contributed by atoms with Gasteiger partial charge in [0.25, 0.3) is 0 Å². The minimum absolute atomic E-state index is 0.0130. The quantitative estimate of drug-likeness (QED) is 0.0119. The number of nitrogens with two attached hydrogens (primary N) is 2. The van der Waals surface area contributed by atoms with Crippen LogP contribution in [0.1, 0.15) is 128 Å². The van der Waals surface area contributed by atoms with Gasteiger partial charge in [0.2, 0.25) is 65.0 Å². The van der Waals surface area contributed by atoms with E-state index < -0.39 is 158 Å². The number of aromatic nitrogens is 8. The summed E-state index contributed by atoms with van der Waals surface area (Å²) in [5, 5.41) is 89.8. The predicted octanol–water partition coefficient (Wildman–Crippen LogP) is -1.31. The fraction of sp³-hybridized carbons (Fsp3) is 0.500. The topological polar surface area (TPSA) is 652 Å². The van der Waals surface area contributed by atoms with E-state index >= 15 is 0 Å². The number of amides is 11. The number of carboxylic acid groups (broad SMARTS) is 2. The van der Waals surface area contributed by atoms with Crippen LogP contribution in [0.25, 0.3) is 10.9 Å². The van der Waals surface area contributed by atoms with Crippen LogP contribution in [-0.2, 0) is 110 Å². The number of guanidine groups is 1. The van der Waals surface area contributed by atoms with Gasteiger partial charge in [-0.3, -0.25) is 68.0 Å². The van der Waals surface area contributed by atoms with E-state index in [9.17, 15) is 82.8 Å². The molecule has 44 nitrogen and oxygen atoms in total. The number of aromatic amines is 3. The number of aliphatic carboxylic acids is 1. The molecule has 5 heterocycles. The van der Waals surface area contributed by atoms with Gasteiger partial charge in [0, 0.05) is 86.4 Å². The van der Waals surface area contributed by atoms with Crippen LogP contribution in [0.2, 0.25) is 0 Å². The van der Waals surface area contributed by atoms with Gasteiger partial charge in [0.05, 0.1) is 108 Å². The van der Waals surface area contributed by atoms with E-state index in [-0.39, 0.29) is 133 Å². The second-order valence-corrected chi connectivity index (χ2v) is 30.9. The number of benzene rings is 3. The molecule has 22 N–H and O–H groups in total. The summed E-state index contributed by atoms with van der Waals surface area (Å²) in [7, 11) is 0. The number of aromatic hydroxyl groups is 1. The molecule has 1 aliphatic rings. The number of likely N-dealkylation sites (tertiary alicyclic amines) is 1. The third kappa shape index (κ3) is 33.7.